The molecule has 6 heteroatoms. The van der Waals surface area contributed by atoms with Gasteiger partial charge in [-0.3, -0.25) is 4.79 Å². The molecule has 2 aliphatic rings. The van der Waals surface area contributed by atoms with E-state index in [0.29, 0.717) is 5.88 Å². The SMILES string of the molecule is NC1CCC(N2C(=O)COc3ncc(P)cc32)CC1. The molecule has 2 heterocycles. The Morgan fingerprint density at radius 1 is 1.37 bits per heavy atom. The summed E-state index contributed by atoms with van der Waals surface area (Å²) in [7, 11) is 2.61. The van der Waals surface area contributed by atoms with Crippen molar-refractivity contribution >= 4 is 26.1 Å². The van der Waals surface area contributed by atoms with E-state index >= 15 is 0 Å². The standard InChI is InChI=1S/C13H18N3O2P/c14-8-1-3-9(4-2-8)16-11-5-10(19)6-15-13(11)18-7-12(16)17/h5-6,8-9H,1-4,7,14,19H2. The van der Waals surface area contributed by atoms with Crippen LogP contribution in [0.5, 0.6) is 5.88 Å². The fourth-order valence-electron chi connectivity index (χ4n) is 2.83. The molecule has 1 aromatic heterocycles. The third-order valence-electron chi connectivity index (χ3n) is 3.82. The highest BCUT2D eigenvalue weighted by Crippen LogP contribution is 2.34. The zero-order valence-electron chi connectivity index (χ0n) is 10.7. The number of ether oxygens (including phenoxy) is 1. The molecule has 1 fully saturated rings. The Morgan fingerprint density at radius 2 is 2.11 bits per heavy atom. The van der Waals surface area contributed by atoms with E-state index in [-0.39, 0.29) is 24.6 Å². The largest absolute Gasteiger partial charge is 0.466 e. The van der Waals surface area contributed by atoms with Gasteiger partial charge in [0, 0.05) is 18.3 Å². The minimum Gasteiger partial charge on any atom is -0.466 e. The lowest BCUT2D eigenvalue weighted by Crippen LogP contribution is -2.48. The topological polar surface area (TPSA) is 68.5 Å². The normalized spacial score (nSPS) is 26.8. The van der Waals surface area contributed by atoms with Gasteiger partial charge in [0.2, 0.25) is 5.88 Å². The third-order valence-corrected chi connectivity index (χ3v) is 4.14. The van der Waals surface area contributed by atoms with Gasteiger partial charge in [0.05, 0.1) is 0 Å². The molecule has 1 aliphatic heterocycles. The summed E-state index contributed by atoms with van der Waals surface area (Å²) in [5.41, 5.74) is 6.73. The zero-order valence-corrected chi connectivity index (χ0v) is 11.9. The second kappa shape index (κ2) is 5.06. The summed E-state index contributed by atoms with van der Waals surface area (Å²) in [6, 6.07) is 2.44. The van der Waals surface area contributed by atoms with E-state index in [2.05, 4.69) is 14.2 Å². The van der Waals surface area contributed by atoms with Crippen molar-refractivity contribution in [3.63, 3.8) is 0 Å². The summed E-state index contributed by atoms with van der Waals surface area (Å²) in [5.74, 6) is 0.575. The highest BCUT2D eigenvalue weighted by atomic mass is 31.0. The van der Waals surface area contributed by atoms with E-state index in [1.54, 1.807) is 6.20 Å². The van der Waals surface area contributed by atoms with Gasteiger partial charge in [-0.2, -0.15) is 0 Å². The molecule has 1 unspecified atom stereocenters. The number of amides is 1. The number of hydrogen-bond acceptors (Lipinski definition) is 4. The zero-order chi connectivity index (χ0) is 13.4. The van der Waals surface area contributed by atoms with Crippen molar-refractivity contribution in [3.05, 3.63) is 12.3 Å². The smallest absolute Gasteiger partial charge is 0.265 e. The van der Waals surface area contributed by atoms with Crippen molar-refractivity contribution in [1.82, 2.24) is 4.98 Å². The molecule has 1 aromatic rings. The Bertz CT molecular complexity index is 501. The summed E-state index contributed by atoms with van der Waals surface area (Å²) in [4.78, 5) is 18.3. The number of rotatable bonds is 1. The Balaban J connectivity index is 1.92. The number of pyridine rings is 1. The molecule has 0 radical (unpaired) electrons. The molecule has 5 nitrogen and oxygen atoms in total. The van der Waals surface area contributed by atoms with Gasteiger partial charge < -0.3 is 15.4 Å². The van der Waals surface area contributed by atoms with E-state index in [1.165, 1.54) is 0 Å². The molecule has 19 heavy (non-hydrogen) atoms. The van der Waals surface area contributed by atoms with E-state index in [4.69, 9.17) is 10.5 Å². The Morgan fingerprint density at radius 3 is 2.84 bits per heavy atom. The number of nitrogens with two attached hydrogens (primary N) is 1. The first-order valence-corrected chi connectivity index (χ1v) is 7.19. The maximum Gasteiger partial charge on any atom is 0.265 e. The summed E-state index contributed by atoms with van der Waals surface area (Å²) in [6.07, 6.45) is 5.58. The van der Waals surface area contributed by atoms with Crippen LogP contribution in [0.25, 0.3) is 0 Å². The van der Waals surface area contributed by atoms with Crippen molar-refractivity contribution < 1.29 is 9.53 Å². The molecule has 2 N–H and O–H groups in total. The maximum atomic E-state index is 12.2. The average molecular weight is 279 g/mol. The first-order valence-electron chi connectivity index (χ1n) is 6.61. The molecular formula is C13H18N3O2P. The monoisotopic (exact) mass is 279 g/mol. The number of carbonyl (C=O) groups excluding carboxylic acids is 1. The number of fused-ring (bicyclic) bond motifs is 1. The second-order valence-electron chi connectivity index (χ2n) is 5.21. The minimum absolute atomic E-state index is 0.0189. The van der Waals surface area contributed by atoms with Crippen LogP contribution in [0.4, 0.5) is 5.69 Å². The molecule has 0 aromatic carbocycles. The van der Waals surface area contributed by atoms with Gasteiger partial charge >= 0.3 is 0 Å². The van der Waals surface area contributed by atoms with Gasteiger partial charge in [0.1, 0.15) is 5.69 Å². The van der Waals surface area contributed by atoms with Gasteiger partial charge in [-0.15, -0.1) is 9.24 Å². The fraction of sp³-hybridized carbons (Fsp3) is 0.538. The van der Waals surface area contributed by atoms with Crippen molar-refractivity contribution in [3.8, 4) is 5.88 Å². The Labute approximate surface area is 114 Å². The van der Waals surface area contributed by atoms with Gasteiger partial charge in [0.15, 0.2) is 6.61 Å². The molecule has 0 bridgehead atoms. The molecule has 3 rings (SSSR count). The molecule has 1 amide bonds. The van der Waals surface area contributed by atoms with Gasteiger partial charge in [-0.1, -0.05) is 0 Å². The maximum absolute atomic E-state index is 12.2. The van der Waals surface area contributed by atoms with E-state index in [1.807, 2.05) is 11.0 Å². The van der Waals surface area contributed by atoms with Gasteiger partial charge in [0.25, 0.3) is 5.91 Å². The molecule has 102 valence electrons. The predicted molar refractivity (Wildman–Crippen MR) is 76.8 cm³/mol. The second-order valence-corrected chi connectivity index (χ2v) is 5.88. The van der Waals surface area contributed by atoms with Crippen molar-refractivity contribution in [2.45, 2.75) is 37.8 Å². The fourth-order valence-corrected chi connectivity index (χ4v) is 3.07. The van der Waals surface area contributed by atoms with Crippen LogP contribution in [0.2, 0.25) is 0 Å². The highest BCUT2D eigenvalue weighted by molar-refractivity contribution is 7.27. The molecule has 1 saturated carbocycles. The van der Waals surface area contributed by atoms with Crippen LogP contribution in [-0.4, -0.2) is 29.6 Å². The Hall–Kier alpha value is -1.19. The lowest BCUT2D eigenvalue weighted by molar-refractivity contribution is -0.122. The van der Waals surface area contributed by atoms with Crippen LogP contribution in [0, 0.1) is 0 Å². The molecule has 0 saturated heterocycles. The number of carbonyl (C=O) groups is 1. The summed E-state index contributed by atoms with van der Waals surface area (Å²) >= 11 is 0. The summed E-state index contributed by atoms with van der Waals surface area (Å²) in [5, 5.41) is 0.953. The van der Waals surface area contributed by atoms with Crippen molar-refractivity contribution in [1.29, 1.82) is 0 Å². The highest BCUT2D eigenvalue weighted by Gasteiger charge is 2.34. The van der Waals surface area contributed by atoms with Crippen LogP contribution in [0.1, 0.15) is 25.7 Å². The van der Waals surface area contributed by atoms with Crippen LogP contribution in [0.15, 0.2) is 12.3 Å². The van der Waals surface area contributed by atoms with Crippen molar-refractivity contribution in [2.24, 2.45) is 5.73 Å². The molecule has 1 aliphatic carbocycles. The Kier molecular flexibility index (Phi) is 3.42. The minimum atomic E-state index is 0.0189. The van der Waals surface area contributed by atoms with E-state index in [9.17, 15) is 4.79 Å². The first kappa shape index (κ1) is 12.8. The van der Waals surface area contributed by atoms with Crippen LogP contribution in [0.3, 0.4) is 0 Å². The molecule has 1 atom stereocenters. The van der Waals surface area contributed by atoms with Crippen LogP contribution < -0.4 is 20.7 Å². The molecular weight excluding hydrogens is 261 g/mol. The number of aromatic nitrogens is 1. The first-order chi connectivity index (χ1) is 9.15. The third kappa shape index (κ3) is 2.45. The van der Waals surface area contributed by atoms with E-state index in [0.717, 1.165) is 36.7 Å². The number of hydrogen-bond donors (Lipinski definition) is 1. The summed E-state index contributed by atoms with van der Waals surface area (Å²) < 4.78 is 5.40. The molecule has 0 spiro atoms. The predicted octanol–water partition coefficient (Wildman–Crippen LogP) is 0.577. The van der Waals surface area contributed by atoms with Crippen LogP contribution >= 0.6 is 9.24 Å². The number of anilines is 1. The van der Waals surface area contributed by atoms with Crippen LogP contribution in [-0.2, 0) is 4.79 Å². The lowest BCUT2D eigenvalue weighted by atomic mass is 9.90. The summed E-state index contributed by atoms with van der Waals surface area (Å²) in [6.45, 7) is 0.0821. The lowest BCUT2D eigenvalue weighted by Gasteiger charge is -2.38. The quantitative estimate of drug-likeness (QED) is 0.763. The van der Waals surface area contributed by atoms with E-state index < -0.39 is 0 Å². The number of nitrogens with zero attached hydrogens (tertiary/aromatic N) is 2. The van der Waals surface area contributed by atoms with Gasteiger partial charge in [-0.05, 0) is 37.1 Å². The van der Waals surface area contributed by atoms with Crippen molar-refractivity contribution in [2.75, 3.05) is 11.5 Å². The average Bonchev–Trinajstić information content (AvgIpc) is 2.40. The van der Waals surface area contributed by atoms with Gasteiger partial charge in [-0.25, -0.2) is 4.98 Å².